The van der Waals surface area contributed by atoms with E-state index in [1.807, 2.05) is 30.3 Å². The Morgan fingerprint density at radius 1 is 1.19 bits per heavy atom. The number of rotatable bonds is 5. The van der Waals surface area contributed by atoms with E-state index in [1.54, 1.807) is 20.8 Å². The predicted molar refractivity (Wildman–Crippen MR) is 79.9 cm³/mol. The van der Waals surface area contributed by atoms with Crippen LogP contribution in [0, 0.1) is 0 Å². The molecule has 1 atom stereocenters. The van der Waals surface area contributed by atoms with Gasteiger partial charge in [0.25, 0.3) is 0 Å². The van der Waals surface area contributed by atoms with Crippen LogP contribution in [0.5, 0.6) is 0 Å². The molecule has 1 amide bonds. The molecule has 0 fully saturated rings. The monoisotopic (exact) mass is 293 g/mol. The number of carbonyl (C=O) groups is 2. The van der Waals surface area contributed by atoms with Crippen LogP contribution in [-0.2, 0) is 20.7 Å². The molecular weight excluding hydrogens is 270 g/mol. The van der Waals surface area contributed by atoms with Gasteiger partial charge >= 0.3 is 12.1 Å². The summed E-state index contributed by atoms with van der Waals surface area (Å²) in [6.07, 6.45) is 0.0449. The molecule has 1 aromatic rings. The Morgan fingerprint density at radius 3 is 2.33 bits per heavy atom. The Balaban J connectivity index is 2.63. The van der Waals surface area contributed by atoms with E-state index in [2.05, 4.69) is 5.32 Å². The first-order valence-corrected chi connectivity index (χ1v) is 6.93. The largest absolute Gasteiger partial charge is 0.464 e. The zero-order valence-electron chi connectivity index (χ0n) is 13.0. The molecule has 0 aliphatic carbocycles. The minimum atomic E-state index is -0.567. The maximum atomic E-state index is 11.8. The number of nitrogens with one attached hydrogen (secondary N) is 1. The summed E-state index contributed by atoms with van der Waals surface area (Å²) in [6, 6.07) is 9.35. The van der Waals surface area contributed by atoms with Crippen LogP contribution in [0.4, 0.5) is 4.79 Å². The van der Waals surface area contributed by atoms with Gasteiger partial charge in [-0.05, 0) is 32.8 Å². The highest BCUT2D eigenvalue weighted by molar-refractivity contribution is 5.68. The molecule has 116 valence electrons. The molecule has 0 saturated heterocycles. The van der Waals surface area contributed by atoms with Gasteiger partial charge in [0.05, 0.1) is 6.04 Å². The minimum absolute atomic E-state index is 0.115. The lowest BCUT2D eigenvalue weighted by atomic mass is 10.1. The molecule has 1 rings (SSSR count). The number of alkyl carbamates (subject to hydrolysis) is 1. The molecule has 0 saturated carbocycles. The van der Waals surface area contributed by atoms with Crippen LogP contribution in [-0.4, -0.2) is 30.3 Å². The van der Waals surface area contributed by atoms with E-state index in [0.29, 0.717) is 6.42 Å². The summed E-state index contributed by atoms with van der Waals surface area (Å²) in [5, 5.41) is 2.74. The number of carbonyl (C=O) groups excluding carboxylic acids is 2. The second-order valence-corrected chi connectivity index (χ2v) is 5.84. The standard InChI is InChI=1S/C16H23NO4/c1-12(18)20-11-14(10-13-8-6-5-7-9-13)17-15(19)21-16(2,3)4/h5-9,14H,10-11H2,1-4H3,(H,17,19). The lowest BCUT2D eigenvalue weighted by Gasteiger charge is -2.23. The van der Waals surface area contributed by atoms with Gasteiger partial charge in [0, 0.05) is 6.92 Å². The fraction of sp³-hybridized carbons (Fsp3) is 0.500. The summed E-state index contributed by atoms with van der Waals surface area (Å²) in [6.45, 7) is 6.84. The van der Waals surface area contributed by atoms with Gasteiger partial charge in [-0.25, -0.2) is 4.79 Å². The van der Waals surface area contributed by atoms with Crippen LogP contribution in [0.3, 0.4) is 0 Å². The van der Waals surface area contributed by atoms with Crippen LogP contribution in [0.1, 0.15) is 33.3 Å². The van der Waals surface area contributed by atoms with Crippen molar-refractivity contribution in [3.8, 4) is 0 Å². The summed E-state index contributed by atoms with van der Waals surface area (Å²) in [4.78, 5) is 22.8. The minimum Gasteiger partial charge on any atom is -0.464 e. The molecule has 0 heterocycles. The van der Waals surface area contributed by atoms with E-state index in [9.17, 15) is 9.59 Å². The van der Waals surface area contributed by atoms with Gasteiger partial charge in [-0.2, -0.15) is 0 Å². The van der Waals surface area contributed by atoms with Gasteiger partial charge in [0.2, 0.25) is 0 Å². The summed E-state index contributed by atoms with van der Waals surface area (Å²) in [7, 11) is 0. The van der Waals surface area contributed by atoms with Crippen molar-refractivity contribution in [3.63, 3.8) is 0 Å². The first-order valence-electron chi connectivity index (χ1n) is 6.93. The normalized spacial score (nSPS) is 12.4. The van der Waals surface area contributed by atoms with Crippen molar-refractivity contribution in [1.82, 2.24) is 5.32 Å². The van der Waals surface area contributed by atoms with Crippen molar-refractivity contribution in [2.75, 3.05) is 6.61 Å². The summed E-state index contributed by atoms with van der Waals surface area (Å²) >= 11 is 0. The molecule has 0 radical (unpaired) electrons. The van der Waals surface area contributed by atoms with Gasteiger partial charge in [-0.15, -0.1) is 0 Å². The number of amides is 1. The topological polar surface area (TPSA) is 64.6 Å². The molecule has 0 aliphatic heterocycles. The van der Waals surface area contributed by atoms with Crippen molar-refractivity contribution in [3.05, 3.63) is 35.9 Å². The molecule has 1 unspecified atom stereocenters. The van der Waals surface area contributed by atoms with Crippen molar-refractivity contribution < 1.29 is 19.1 Å². The molecule has 1 N–H and O–H groups in total. The third kappa shape index (κ3) is 7.97. The fourth-order valence-corrected chi connectivity index (χ4v) is 1.74. The SMILES string of the molecule is CC(=O)OCC(Cc1ccccc1)NC(=O)OC(C)(C)C. The second-order valence-electron chi connectivity index (χ2n) is 5.84. The summed E-state index contributed by atoms with van der Waals surface area (Å²) in [5.74, 6) is -0.376. The highest BCUT2D eigenvalue weighted by Crippen LogP contribution is 2.08. The lowest BCUT2D eigenvalue weighted by Crippen LogP contribution is -2.43. The predicted octanol–water partition coefficient (Wildman–Crippen LogP) is 2.69. The molecule has 1 aromatic carbocycles. The van der Waals surface area contributed by atoms with E-state index in [0.717, 1.165) is 5.56 Å². The quantitative estimate of drug-likeness (QED) is 0.848. The van der Waals surface area contributed by atoms with Crippen molar-refractivity contribution in [1.29, 1.82) is 0 Å². The van der Waals surface area contributed by atoms with Crippen LogP contribution < -0.4 is 5.32 Å². The van der Waals surface area contributed by atoms with Gasteiger partial charge in [0.15, 0.2) is 0 Å². The Hall–Kier alpha value is -2.04. The first kappa shape index (κ1) is 17.0. The maximum absolute atomic E-state index is 11.8. The van der Waals surface area contributed by atoms with Crippen LogP contribution in [0.15, 0.2) is 30.3 Å². The third-order valence-corrected chi connectivity index (χ3v) is 2.53. The maximum Gasteiger partial charge on any atom is 0.408 e. The Labute approximate surface area is 125 Å². The zero-order valence-corrected chi connectivity index (χ0v) is 13.0. The average molecular weight is 293 g/mol. The number of esters is 1. The van der Waals surface area contributed by atoms with E-state index >= 15 is 0 Å². The third-order valence-electron chi connectivity index (χ3n) is 2.53. The Morgan fingerprint density at radius 2 is 1.81 bits per heavy atom. The summed E-state index contributed by atoms with van der Waals surface area (Å²) in [5.41, 5.74) is 0.480. The van der Waals surface area contributed by atoms with Gasteiger partial charge in [-0.1, -0.05) is 30.3 Å². The molecule has 5 heteroatoms. The van der Waals surface area contributed by atoms with Crippen LogP contribution in [0.2, 0.25) is 0 Å². The molecular formula is C16H23NO4. The summed E-state index contributed by atoms with van der Waals surface area (Å²) < 4.78 is 10.2. The number of benzene rings is 1. The van der Waals surface area contributed by atoms with E-state index < -0.39 is 11.7 Å². The lowest BCUT2D eigenvalue weighted by molar-refractivity contribution is -0.141. The van der Waals surface area contributed by atoms with Gasteiger partial charge in [-0.3, -0.25) is 4.79 Å². The number of hydrogen-bond acceptors (Lipinski definition) is 4. The number of hydrogen-bond donors (Lipinski definition) is 1. The Bertz CT molecular complexity index is 465. The van der Waals surface area contributed by atoms with Crippen LogP contribution in [0.25, 0.3) is 0 Å². The van der Waals surface area contributed by atoms with Crippen molar-refractivity contribution in [2.45, 2.75) is 45.8 Å². The molecule has 5 nitrogen and oxygen atoms in total. The molecule has 0 aromatic heterocycles. The van der Waals surface area contributed by atoms with Gasteiger partial charge < -0.3 is 14.8 Å². The van der Waals surface area contributed by atoms with Crippen molar-refractivity contribution >= 4 is 12.1 Å². The smallest absolute Gasteiger partial charge is 0.408 e. The van der Waals surface area contributed by atoms with Gasteiger partial charge in [0.1, 0.15) is 12.2 Å². The fourth-order valence-electron chi connectivity index (χ4n) is 1.74. The highest BCUT2D eigenvalue weighted by Gasteiger charge is 2.20. The average Bonchev–Trinajstić information content (AvgIpc) is 2.34. The zero-order chi connectivity index (χ0) is 15.9. The molecule has 0 aliphatic rings. The number of ether oxygens (including phenoxy) is 2. The van der Waals surface area contributed by atoms with Crippen LogP contribution >= 0.6 is 0 Å². The molecule has 0 bridgehead atoms. The molecule has 0 spiro atoms. The first-order chi connectivity index (χ1) is 9.76. The molecule has 21 heavy (non-hydrogen) atoms. The highest BCUT2D eigenvalue weighted by atomic mass is 16.6. The van der Waals surface area contributed by atoms with E-state index in [4.69, 9.17) is 9.47 Å². The second kappa shape index (κ2) is 7.67. The van der Waals surface area contributed by atoms with E-state index in [1.165, 1.54) is 6.92 Å². The van der Waals surface area contributed by atoms with E-state index in [-0.39, 0.29) is 18.6 Å². The Kier molecular flexibility index (Phi) is 6.21. The van der Waals surface area contributed by atoms with Crippen molar-refractivity contribution in [2.24, 2.45) is 0 Å².